The zero-order chi connectivity index (χ0) is 23.4. The van der Waals surface area contributed by atoms with Crippen molar-refractivity contribution in [2.45, 2.75) is 19.6 Å². The number of hydrogen-bond acceptors (Lipinski definition) is 7. The van der Waals surface area contributed by atoms with Crippen molar-refractivity contribution in [2.75, 3.05) is 12.0 Å². The normalized spacial score (nSPS) is 12.6. The number of imidazole rings is 1. The van der Waals surface area contributed by atoms with Crippen LogP contribution in [0.25, 0.3) is 11.2 Å². The van der Waals surface area contributed by atoms with Crippen LogP contribution in [0.15, 0.2) is 75.4 Å². The van der Waals surface area contributed by atoms with E-state index in [1.807, 2.05) is 55.5 Å². The number of hydrogen-bond donors (Lipinski definition) is 3. The van der Waals surface area contributed by atoms with Gasteiger partial charge in [0.15, 0.2) is 11.2 Å². The molecular formula is C23H24N6O4. The average molecular weight is 448 g/mol. The smallest absolute Gasteiger partial charge is 0.329 e. The van der Waals surface area contributed by atoms with Crippen molar-refractivity contribution in [1.82, 2.24) is 19.1 Å². The predicted molar refractivity (Wildman–Crippen MR) is 126 cm³/mol. The van der Waals surface area contributed by atoms with Crippen LogP contribution in [-0.2, 0) is 13.6 Å². The highest BCUT2D eigenvalue weighted by Gasteiger charge is 2.20. The van der Waals surface area contributed by atoms with E-state index in [9.17, 15) is 14.7 Å². The van der Waals surface area contributed by atoms with Gasteiger partial charge in [-0.15, -0.1) is 0 Å². The molecule has 0 unspecified atom stereocenters. The van der Waals surface area contributed by atoms with Gasteiger partial charge in [0.1, 0.15) is 18.5 Å². The molecule has 2 heterocycles. The molecule has 4 rings (SSSR count). The molecule has 0 radical (unpaired) electrons. The van der Waals surface area contributed by atoms with Gasteiger partial charge in [0.05, 0.1) is 12.3 Å². The van der Waals surface area contributed by atoms with Gasteiger partial charge in [0.25, 0.3) is 5.56 Å². The Bertz CT molecular complexity index is 1390. The molecule has 4 aromatic rings. The number of aromatic nitrogens is 4. The number of aliphatic hydroxyl groups is 1. The van der Waals surface area contributed by atoms with Crippen LogP contribution in [0.1, 0.15) is 12.5 Å². The fourth-order valence-corrected chi connectivity index (χ4v) is 3.35. The number of nitrogens with zero attached hydrogens (tertiary/aromatic N) is 4. The van der Waals surface area contributed by atoms with E-state index < -0.39 is 17.4 Å². The van der Waals surface area contributed by atoms with Crippen molar-refractivity contribution in [3.05, 3.63) is 87.1 Å². The Hall–Kier alpha value is -4.18. The van der Waals surface area contributed by atoms with E-state index in [1.54, 1.807) is 12.1 Å². The number of H-pyrrole nitrogens is 1. The topological polar surface area (TPSA) is 127 Å². The van der Waals surface area contributed by atoms with Crippen LogP contribution < -0.4 is 21.4 Å². The summed E-state index contributed by atoms with van der Waals surface area (Å²) in [5.74, 6) is 0.833. The number of fused-ring (bicyclic) bond motifs is 1. The molecule has 1 atom stereocenters. The molecule has 0 amide bonds. The Morgan fingerprint density at radius 2 is 1.82 bits per heavy atom. The molecule has 0 spiro atoms. The molecule has 0 bridgehead atoms. The van der Waals surface area contributed by atoms with Gasteiger partial charge in [-0.25, -0.2) is 10.2 Å². The Morgan fingerprint density at radius 3 is 2.52 bits per heavy atom. The van der Waals surface area contributed by atoms with Crippen molar-refractivity contribution in [3.63, 3.8) is 0 Å². The number of hydrazone groups is 1. The van der Waals surface area contributed by atoms with E-state index in [1.165, 1.54) is 16.2 Å². The van der Waals surface area contributed by atoms with Crippen molar-refractivity contribution >= 4 is 22.8 Å². The standard InChI is InChI=1S/C23H24N6O4/c1-15(16-9-5-3-6-10-16)26-27-22-24-20-19(21(31)25-23(32)28(20)2)29(22)13-17(30)14-33-18-11-7-4-8-12-18/h3-12,17,30H,13-14H2,1-2H3,(H,24,27)(H,25,31,32)/t17-/m0/s1. The Morgan fingerprint density at radius 1 is 1.15 bits per heavy atom. The number of aromatic amines is 1. The monoisotopic (exact) mass is 448 g/mol. The number of aliphatic hydroxyl groups excluding tert-OH is 1. The van der Waals surface area contributed by atoms with Gasteiger partial charge < -0.3 is 14.4 Å². The number of nitrogens with one attached hydrogen (secondary N) is 2. The fourth-order valence-electron chi connectivity index (χ4n) is 3.35. The molecule has 0 aliphatic heterocycles. The first-order valence-corrected chi connectivity index (χ1v) is 10.3. The second kappa shape index (κ2) is 9.53. The summed E-state index contributed by atoms with van der Waals surface area (Å²) in [5, 5.41) is 15.0. The summed E-state index contributed by atoms with van der Waals surface area (Å²) in [6, 6.07) is 18.7. The molecule has 0 saturated heterocycles. The Labute approximate surface area is 188 Å². The molecule has 2 aromatic carbocycles. The van der Waals surface area contributed by atoms with Crippen LogP contribution in [-0.4, -0.2) is 42.6 Å². The van der Waals surface area contributed by atoms with Crippen LogP contribution in [0.3, 0.4) is 0 Å². The van der Waals surface area contributed by atoms with Crippen LogP contribution in [0, 0.1) is 0 Å². The Balaban J connectivity index is 1.66. The molecule has 0 aliphatic rings. The molecule has 0 saturated carbocycles. The van der Waals surface area contributed by atoms with Crippen LogP contribution in [0.4, 0.5) is 5.95 Å². The van der Waals surface area contributed by atoms with Gasteiger partial charge >= 0.3 is 5.69 Å². The summed E-state index contributed by atoms with van der Waals surface area (Å²) in [7, 11) is 1.51. The van der Waals surface area contributed by atoms with E-state index in [0.29, 0.717) is 11.5 Å². The van der Waals surface area contributed by atoms with Crippen molar-refractivity contribution in [2.24, 2.45) is 12.1 Å². The first kappa shape index (κ1) is 22.0. The molecule has 10 nitrogen and oxygen atoms in total. The van der Waals surface area contributed by atoms with Crippen LogP contribution in [0.2, 0.25) is 0 Å². The van der Waals surface area contributed by atoms with Crippen molar-refractivity contribution in [1.29, 1.82) is 0 Å². The number of anilines is 1. The van der Waals surface area contributed by atoms with Gasteiger partial charge in [0.2, 0.25) is 5.95 Å². The maximum Gasteiger partial charge on any atom is 0.329 e. The summed E-state index contributed by atoms with van der Waals surface area (Å²) in [6.07, 6.45) is -0.959. The number of aryl methyl sites for hydroxylation is 1. The number of ether oxygens (including phenoxy) is 1. The van der Waals surface area contributed by atoms with Gasteiger partial charge in [0, 0.05) is 7.05 Å². The quantitative estimate of drug-likeness (QED) is 0.278. The predicted octanol–water partition coefficient (Wildman–Crippen LogP) is 1.70. The number of rotatable bonds is 8. The summed E-state index contributed by atoms with van der Waals surface area (Å²) in [4.78, 5) is 31.3. The second-order valence-electron chi connectivity index (χ2n) is 7.49. The van der Waals surface area contributed by atoms with E-state index >= 15 is 0 Å². The highest BCUT2D eigenvalue weighted by atomic mass is 16.5. The molecule has 10 heteroatoms. The molecule has 0 aliphatic carbocycles. The van der Waals surface area contributed by atoms with Crippen molar-refractivity contribution in [3.8, 4) is 5.75 Å². The molecule has 3 N–H and O–H groups in total. The van der Waals surface area contributed by atoms with Gasteiger partial charge in [-0.1, -0.05) is 48.5 Å². The maximum atomic E-state index is 12.6. The molecule has 170 valence electrons. The van der Waals surface area contributed by atoms with E-state index in [2.05, 4.69) is 20.5 Å². The number of para-hydroxylation sites is 1. The van der Waals surface area contributed by atoms with Gasteiger partial charge in [-0.05, 0) is 24.6 Å². The zero-order valence-electron chi connectivity index (χ0n) is 18.2. The lowest BCUT2D eigenvalue weighted by molar-refractivity contribution is 0.0938. The van der Waals surface area contributed by atoms with E-state index in [4.69, 9.17) is 4.74 Å². The molecule has 0 fully saturated rings. The van der Waals surface area contributed by atoms with E-state index in [-0.39, 0.29) is 30.3 Å². The van der Waals surface area contributed by atoms with Crippen molar-refractivity contribution < 1.29 is 9.84 Å². The minimum atomic E-state index is -0.959. The third-order valence-corrected chi connectivity index (χ3v) is 5.10. The third-order valence-electron chi connectivity index (χ3n) is 5.10. The van der Waals surface area contributed by atoms with Gasteiger partial charge in [-0.3, -0.25) is 14.3 Å². The zero-order valence-corrected chi connectivity index (χ0v) is 18.2. The molecule has 33 heavy (non-hydrogen) atoms. The highest BCUT2D eigenvalue weighted by Crippen LogP contribution is 2.17. The average Bonchev–Trinajstić information content (AvgIpc) is 3.19. The summed E-state index contributed by atoms with van der Waals surface area (Å²) in [6.45, 7) is 1.83. The van der Waals surface area contributed by atoms with Gasteiger partial charge in [-0.2, -0.15) is 10.1 Å². The lowest BCUT2D eigenvalue weighted by atomic mass is 10.1. The number of benzene rings is 2. The molecular weight excluding hydrogens is 424 g/mol. The molecule has 2 aromatic heterocycles. The highest BCUT2D eigenvalue weighted by molar-refractivity contribution is 5.99. The van der Waals surface area contributed by atoms with E-state index in [0.717, 1.165) is 5.56 Å². The first-order valence-electron chi connectivity index (χ1n) is 10.3. The largest absolute Gasteiger partial charge is 0.491 e. The summed E-state index contributed by atoms with van der Waals surface area (Å²) < 4.78 is 8.35. The third kappa shape index (κ3) is 4.85. The lowest BCUT2D eigenvalue weighted by Gasteiger charge is -2.15. The minimum absolute atomic E-state index is 0.000886. The summed E-state index contributed by atoms with van der Waals surface area (Å²) >= 11 is 0. The Kier molecular flexibility index (Phi) is 6.36. The first-order chi connectivity index (χ1) is 15.9. The fraction of sp³-hybridized carbons (Fsp3) is 0.217. The second-order valence-corrected chi connectivity index (χ2v) is 7.49. The summed E-state index contributed by atoms with van der Waals surface area (Å²) in [5.41, 5.74) is 3.62. The van der Waals surface area contributed by atoms with Crippen LogP contribution in [0.5, 0.6) is 5.75 Å². The maximum absolute atomic E-state index is 12.6. The SMILES string of the molecule is CC(=NNc1nc2c(c(=O)[nH]c(=O)n2C)n1C[C@H](O)COc1ccccc1)c1ccccc1. The minimum Gasteiger partial charge on any atom is -0.491 e. The van der Waals surface area contributed by atoms with Crippen LogP contribution >= 0.6 is 0 Å². The lowest BCUT2D eigenvalue weighted by Crippen LogP contribution is -2.30.